The number of hydrogen-bond acceptors (Lipinski definition) is 5. The molecule has 0 fully saturated rings. The van der Waals surface area contributed by atoms with Crippen LogP contribution in [0.3, 0.4) is 0 Å². The number of aldehydes is 1. The summed E-state index contributed by atoms with van der Waals surface area (Å²) in [7, 11) is 3.32. The third kappa shape index (κ3) is 3.16. The summed E-state index contributed by atoms with van der Waals surface area (Å²) in [5.41, 5.74) is 0.228. The minimum absolute atomic E-state index is 0.0744. The summed E-state index contributed by atoms with van der Waals surface area (Å²) in [5, 5.41) is 2.67. The molecular weight excluding hydrogens is 256 g/mol. The van der Waals surface area contributed by atoms with E-state index in [1.165, 1.54) is 6.33 Å². The van der Waals surface area contributed by atoms with E-state index in [1.54, 1.807) is 25.9 Å². The van der Waals surface area contributed by atoms with E-state index in [2.05, 4.69) is 15.3 Å². The van der Waals surface area contributed by atoms with Gasteiger partial charge in [-0.2, -0.15) is 0 Å². The van der Waals surface area contributed by atoms with Crippen molar-refractivity contribution in [2.24, 2.45) is 5.92 Å². The SMILES string of the molecule is CNC(=O)C(C)CN(C)c1ncnc(Cl)c1C=O. The van der Waals surface area contributed by atoms with Gasteiger partial charge in [0, 0.05) is 20.6 Å². The number of aromatic nitrogens is 2. The average Bonchev–Trinajstić information content (AvgIpc) is 2.37. The van der Waals surface area contributed by atoms with Gasteiger partial charge in [-0.15, -0.1) is 0 Å². The molecule has 0 radical (unpaired) electrons. The van der Waals surface area contributed by atoms with Gasteiger partial charge >= 0.3 is 0 Å². The average molecular weight is 271 g/mol. The maximum atomic E-state index is 11.4. The molecule has 98 valence electrons. The molecular formula is C11H15ClN4O2. The summed E-state index contributed by atoms with van der Waals surface area (Å²) in [6.45, 7) is 2.21. The minimum atomic E-state index is -0.228. The van der Waals surface area contributed by atoms with E-state index in [0.717, 1.165) is 0 Å². The van der Waals surface area contributed by atoms with Gasteiger partial charge in [0.1, 0.15) is 17.3 Å². The lowest BCUT2D eigenvalue weighted by molar-refractivity contribution is -0.123. The highest BCUT2D eigenvalue weighted by molar-refractivity contribution is 6.32. The van der Waals surface area contributed by atoms with Gasteiger partial charge in [-0.1, -0.05) is 18.5 Å². The van der Waals surface area contributed by atoms with Crippen LogP contribution < -0.4 is 10.2 Å². The van der Waals surface area contributed by atoms with Crippen LogP contribution in [0.2, 0.25) is 5.15 Å². The van der Waals surface area contributed by atoms with Crippen molar-refractivity contribution in [1.82, 2.24) is 15.3 Å². The first-order chi connectivity index (χ1) is 8.51. The Labute approximate surface area is 110 Å². The Morgan fingerprint density at radius 3 is 2.83 bits per heavy atom. The maximum absolute atomic E-state index is 11.4. The lowest BCUT2D eigenvalue weighted by Crippen LogP contribution is -2.35. The number of carbonyl (C=O) groups excluding carboxylic acids is 2. The van der Waals surface area contributed by atoms with Crippen molar-refractivity contribution in [2.45, 2.75) is 6.92 Å². The topological polar surface area (TPSA) is 75.2 Å². The zero-order chi connectivity index (χ0) is 13.7. The van der Waals surface area contributed by atoms with Gasteiger partial charge in [0.05, 0.1) is 11.5 Å². The van der Waals surface area contributed by atoms with Crippen molar-refractivity contribution in [3.8, 4) is 0 Å². The van der Waals surface area contributed by atoms with E-state index >= 15 is 0 Å². The van der Waals surface area contributed by atoms with Crippen LogP contribution in [0.5, 0.6) is 0 Å². The number of anilines is 1. The number of hydrogen-bond donors (Lipinski definition) is 1. The number of rotatable bonds is 5. The molecule has 1 atom stereocenters. The Morgan fingerprint density at radius 1 is 1.61 bits per heavy atom. The van der Waals surface area contributed by atoms with E-state index in [1.807, 2.05) is 0 Å². The van der Waals surface area contributed by atoms with E-state index < -0.39 is 0 Å². The summed E-state index contributed by atoms with van der Waals surface area (Å²) >= 11 is 5.81. The molecule has 0 aliphatic rings. The molecule has 0 aromatic carbocycles. The summed E-state index contributed by atoms with van der Waals surface area (Å²) in [6, 6.07) is 0. The van der Waals surface area contributed by atoms with Crippen LogP contribution in [-0.2, 0) is 4.79 Å². The molecule has 1 aromatic rings. The summed E-state index contributed by atoms with van der Waals surface area (Å²) in [5.74, 6) is 0.114. The monoisotopic (exact) mass is 270 g/mol. The van der Waals surface area contributed by atoms with Gasteiger partial charge in [0.25, 0.3) is 0 Å². The van der Waals surface area contributed by atoms with Gasteiger partial charge < -0.3 is 10.2 Å². The largest absolute Gasteiger partial charge is 0.359 e. The predicted octanol–water partition coefficient (Wildman–Crippen LogP) is 0.761. The third-order valence-corrected chi connectivity index (χ3v) is 2.84. The van der Waals surface area contributed by atoms with Gasteiger partial charge in [-0.05, 0) is 0 Å². The smallest absolute Gasteiger partial charge is 0.224 e. The molecule has 1 heterocycles. The molecule has 18 heavy (non-hydrogen) atoms. The molecule has 0 aliphatic heterocycles. The predicted molar refractivity (Wildman–Crippen MR) is 68.9 cm³/mol. The first-order valence-electron chi connectivity index (χ1n) is 5.39. The van der Waals surface area contributed by atoms with Crippen molar-refractivity contribution in [3.63, 3.8) is 0 Å². The maximum Gasteiger partial charge on any atom is 0.224 e. The molecule has 1 amide bonds. The Hall–Kier alpha value is -1.69. The first kappa shape index (κ1) is 14.4. The Bertz CT molecular complexity index is 453. The number of nitrogens with zero attached hydrogens (tertiary/aromatic N) is 3. The fourth-order valence-corrected chi connectivity index (χ4v) is 1.77. The summed E-state index contributed by atoms with van der Waals surface area (Å²) in [4.78, 5) is 31.9. The van der Waals surface area contributed by atoms with Crippen molar-refractivity contribution < 1.29 is 9.59 Å². The van der Waals surface area contributed by atoms with E-state index in [-0.39, 0.29) is 22.5 Å². The van der Waals surface area contributed by atoms with Crippen LogP contribution in [0, 0.1) is 5.92 Å². The molecule has 1 rings (SSSR count). The standard InChI is InChI=1S/C11H15ClN4O2/c1-7(11(18)13-2)4-16(3)10-8(5-17)9(12)14-6-15-10/h5-7H,4H2,1-3H3,(H,13,18). The lowest BCUT2D eigenvalue weighted by Gasteiger charge is -2.22. The minimum Gasteiger partial charge on any atom is -0.359 e. The molecule has 1 N–H and O–H groups in total. The summed E-state index contributed by atoms with van der Waals surface area (Å²) in [6.07, 6.45) is 1.89. The molecule has 0 saturated carbocycles. The highest BCUT2D eigenvalue weighted by Gasteiger charge is 2.18. The van der Waals surface area contributed by atoms with Crippen LogP contribution in [0.1, 0.15) is 17.3 Å². The molecule has 0 bridgehead atoms. The van der Waals surface area contributed by atoms with Crippen LogP contribution >= 0.6 is 11.6 Å². The van der Waals surface area contributed by atoms with Crippen LogP contribution in [0.25, 0.3) is 0 Å². The highest BCUT2D eigenvalue weighted by Crippen LogP contribution is 2.20. The molecule has 1 unspecified atom stereocenters. The number of halogens is 1. The third-order valence-electron chi connectivity index (χ3n) is 2.54. The number of amides is 1. The first-order valence-corrected chi connectivity index (χ1v) is 5.77. The van der Waals surface area contributed by atoms with E-state index in [9.17, 15) is 9.59 Å². The van der Waals surface area contributed by atoms with Gasteiger partial charge in [-0.25, -0.2) is 9.97 Å². The highest BCUT2D eigenvalue weighted by atomic mass is 35.5. The van der Waals surface area contributed by atoms with Crippen molar-refractivity contribution in [2.75, 3.05) is 25.5 Å². The van der Waals surface area contributed by atoms with Crippen molar-refractivity contribution in [3.05, 3.63) is 17.0 Å². The van der Waals surface area contributed by atoms with E-state index in [4.69, 9.17) is 11.6 Å². The molecule has 0 spiro atoms. The second-order valence-corrected chi connectivity index (χ2v) is 4.27. The van der Waals surface area contributed by atoms with Crippen LogP contribution in [0.4, 0.5) is 5.82 Å². The van der Waals surface area contributed by atoms with Crippen molar-refractivity contribution >= 4 is 29.6 Å². The summed E-state index contributed by atoms with van der Waals surface area (Å²) < 4.78 is 0. The van der Waals surface area contributed by atoms with Crippen LogP contribution in [0.15, 0.2) is 6.33 Å². The van der Waals surface area contributed by atoms with E-state index in [0.29, 0.717) is 18.6 Å². The van der Waals surface area contributed by atoms with Gasteiger partial charge in [0.15, 0.2) is 6.29 Å². The number of carbonyl (C=O) groups is 2. The zero-order valence-electron chi connectivity index (χ0n) is 10.5. The zero-order valence-corrected chi connectivity index (χ0v) is 11.2. The second-order valence-electron chi connectivity index (χ2n) is 3.92. The molecule has 0 aliphatic carbocycles. The lowest BCUT2D eigenvalue weighted by atomic mass is 10.1. The molecule has 7 heteroatoms. The fraction of sp³-hybridized carbons (Fsp3) is 0.455. The normalized spacial score (nSPS) is 11.8. The van der Waals surface area contributed by atoms with Gasteiger partial charge in [-0.3, -0.25) is 9.59 Å². The van der Waals surface area contributed by atoms with Crippen LogP contribution in [-0.4, -0.2) is 42.8 Å². The molecule has 0 saturated heterocycles. The Morgan fingerprint density at radius 2 is 2.28 bits per heavy atom. The second kappa shape index (κ2) is 6.30. The Balaban J connectivity index is 2.91. The molecule has 1 aromatic heterocycles. The Kier molecular flexibility index (Phi) is 5.03. The quantitative estimate of drug-likeness (QED) is 0.632. The van der Waals surface area contributed by atoms with Crippen molar-refractivity contribution in [1.29, 1.82) is 0 Å². The number of nitrogens with one attached hydrogen (secondary N) is 1. The van der Waals surface area contributed by atoms with Gasteiger partial charge in [0.2, 0.25) is 5.91 Å². The fourth-order valence-electron chi connectivity index (χ4n) is 1.60. The molecule has 6 nitrogen and oxygen atoms in total.